The van der Waals surface area contributed by atoms with Crippen LogP contribution in [0.4, 0.5) is 5.69 Å². The Kier molecular flexibility index (Phi) is 3.95. The summed E-state index contributed by atoms with van der Waals surface area (Å²) >= 11 is 0. The predicted octanol–water partition coefficient (Wildman–Crippen LogP) is -0.0730. The van der Waals surface area contributed by atoms with Crippen LogP contribution in [0.15, 0.2) is 18.2 Å². The molecule has 8 nitrogen and oxygen atoms in total. The van der Waals surface area contributed by atoms with Crippen molar-refractivity contribution in [2.75, 3.05) is 11.3 Å². The van der Waals surface area contributed by atoms with Gasteiger partial charge in [-0.1, -0.05) is 12.1 Å². The highest BCUT2D eigenvalue weighted by Crippen LogP contribution is 2.36. The molecule has 0 radical (unpaired) electrons. The summed E-state index contributed by atoms with van der Waals surface area (Å²) in [5.41, 5.74) is 6.83. The van der Waals surface area contributed by atoms with Crippen LogP contribution in [-0.4, -0.2) is 36.7 Å². The fraction of sp³-hybridized carbons (Fsp3) is 0.364. The minimum atomic E-state index is -4.38. The molecule has 2 unspecified atom stereocenters. The molecule has 1 saturated heterocycles. The normalized spacial score (nSPS) is 19.4. The number of aliphatic carboxylic acids is 1. The maximum Gasteiger partial charge on any atom is 0.357 e. The van der Waals surface area contributed by atoms with E-state index in [1.807, 2.05) is 4.72 Å². The fourth-order valence-corrected chi connectivity index (χ4v) is 2.27. The van der Waals surface area contributed by atoms with Gasteiger partial charge in [0.1, 0.15) is 12.1 Å². The first kappa shape index (κ1) is 14.7. The lowest BCUT2D eigenvalue weighted by Crippen LogP contribution is -2.32. The highest BCUT2D eigenvalue weighted by Gasteiger charge is 2.29. The Hall–Kier alpha value is -1.68. The van der Waals surface area contributed by atoms with Crippen molar-refractivity contribution in [3.05, 3.63) is 29.3 Å². The van der Waals surface area contributed by atoms with Crippen molar-refractivity contribution in [3.8, 4) is 0 Å². The topological polar surface area (TPSA) is 142 Å². The molecule has 2 rings (SSSR count). The van der Waals surface area contributed by atoms with E-state index in [2.05, 4.69) is 0 Å². The second-order valence-electron chi connectivity index (χ2n) is 4.47. The standard InChI is InChI=1S/C11H14N2O6S/c12-8(11(14)15)4-6-1-2-9(13-20(16,17)18)7(3-6)10-5-19-10/h1-3,8,10,13H,4-5,12H2,(H,14,15)(H,16,17,18). The number of nitrogens with two attached hydrogens (primary N) is 1. The lowest BCUT2D eigenvalue weighted by atomic mass is 10.0. The van der Waals surface area contributed by atoms with Crippen molar-refractivity contribution in [1.82, 2.24) is 0 Å². The maximum absolute atomic E-state index is 10.9. The molecule has 1 aliphatic rings. The molecule has 0 bridgehead atoms. The van der Waals surface area contributed by atoms with Gasteiger partial charge in [0, 0.05) is 5.56 Å². The summed E-state index contributed by atoms with van der Waals surface area (Å²) in [5, 5.41) is 8.77. The van der Waals surface area contributed by atoms with E-state index in [4.69, 9.17) is 20.1 Å². The Morgan fingerprint density at radius 1 is 1.55 bits per heavy atom. The Labute approximate surface area is 115 Å². The summed E-state index contributed by atoms with van der Waals surface area (Å²) in [4.78, 5) is 10.7. The van der Waals surface area contributed by atoms with Crippen molar-refractivity contribution >= 4 is 22.0 Å². The quantitative estimate of drug-likeness (QED) is 0.425. The highest BCUT2D eigenvalue weighted by atomic mass is 32.2. The third kappa shape index (κ3) is 3.90. The van der Waals surface area contributed by atoms with Crippen LogP contribution in [0.3, 0.4) is 0 Å². The summed E-state index contributed by atoms with van der Waals surface area (Å²) < 4.78 is 37.6. The second kappa shape index (κ2) is 5.37. The molecule has 9 heteroatoms. The molecule has 0 spiro atoms. The number of carboxylic acid groups (broad SMARTS) is 1. The van der Waals surface area contributed by atoms with Crippen LogP contribution in [0.25, 0.3) is 0 Å². The van der Waals surface area contributed by atoms with E-state index >= 15 is 0 Å². The molecular weight excluding hydrogens is 288 g/mol. The first-order chi connectivity index (χ1) is 9.26. The number of ether oxygens (including phenoxy) is 1. The zero-order valence-corrected chi connectivity index (χ0v) is 11.1. The molecule has 0 amide bonds. The molecule has 1 heterocycles. The molecule has 20 heavy (non-hydrogen) atoms. The number of hydrogen-bond donors (Lipinski definition) is 4. The van der Waals surface area contributed by atoms with E-state index in [9.17, 15) is 13.2 Å². The third-order valence-electron chi connectivity index (χ3n) is 2.81. The number of carboxylic acids is 1. The molecule has 1 aliphatic heterocycles. The van der Waals surface area contributed by atoms with Gasteiger partial charge in [0.25, 0.3) is 0 Å². The summed E-state index contributed by atoms with van der Waals surface area (Å²) in [6, 6.07) is 3.56. The van der Waals surface area contributed by atoms with Gasteiger partial charge in [-0.2, -0.15) is 8.42 Å². The molecule has 0 saturated carbocycles. The van der Waals surface area contributed by atoms with Crippen LogP contribution in [0.1, 0.15) is 17.2 Å². The molecule has 110 valence electrons. The van der Waals surface area contributed by atoms with Gasteiger partial charge in [-0.05, 0) is 18.1 Å². The molecule has 2 atom stereocenters. The van der Waals surface area contributed by atoms with Crippen molar-refractivity contribution < 1.29 is 27.6 Å². The minimum absolute atomic E-state index is 0.112. The van der Waals surface area contributed by atoms with Crippen molar-refractivity contribution in [2.45, 2.75) is 18.6 Å². The molecule has 1 aromatic rings. The average molecular weight is 302 g/mol. The number of carbonyl (C=O) groups is 1. The molecular formula is C11H14N2O6S. The van der Waals surface area contributed by atoms with Gasteiger partial charge in [0.05, 0.1) is 12.3 Å². The SMILES string of the molecule is NC(Cc1ccc(NS(=O)(=O)O)c(C2CO2)c1)C(=O)O. The van der Waals surface area contributed by atoms with E-state index < -0.39 is 22.3 Å². The predicted molar refractivity (Wildman–Crippen MR) is 69.6 cm³/mol. The number of hydrogen-bond acceptors (Lipinski definition) is 5. The Morgan fingerprint density at radius 3 is 2.70 bits per heavy atom. The zero-order valence-electron chi connectivity index (χ0n) is 10.3. The number of rotatable bonds is 6. The van der Waals surface area contributed by atoms with Crippen LogP contribution in [0, 0.1) is 0 Å². The zero-order chi connectivity index (χ0) is 14.9. The smallest absolute Gasteiger partial charge is 0.357 e. The molecule has 0 aromatic heterocycles. The molecule has 1 fully saturated rings. The van der Waals surface area contributed by atoms with Gasteiger partial charge in [-0.25, -0.2) is 0 Å². The largest absolute Gasteiger partial charge is 0.480 e. The minimum Gasteiger partial charge on any atom is -0.480 e. The number of benzene rings is 1. The van der Waals surface area contributed by atoms with E-state index in [-0.39, 0.29) is 18.2 Å². The monoisotopic (exact) mass is 302 g/mol. The average Bonchev–Trinajstić information content (AvgIpc) is 3.13. The first-order valence-electron chi connectivity index (χ1n) is 5.74. The van der Waals surface area contributed by atoms with Gasteiger partial charge in [0.2, 0.25) is 0 Å². The first-order valence-corrected chi connectivity index (χ1v) is 7.18. The Bertz CT molecular complexity index is 626. The second-order valence-corrected chi connectivity index (χ2v) is 5.62. The van der Waals surface area contributed by atoms with Crippen LogP contribution >= 0.6 is 0 Å². The van der Waals surface area contributed by atoms with E-state index in [1.54, 1.807) is 12.1 Å². The lowest BCUT2D eigenvalue weighted by molar-refractivity contribution is -0.138. The third-order valence-corrected chi connectivity index (χ3v) is 3.29. The van der Waals surface area contributed by atoms with Crippen LogP contribution in [0.5, 0.6) is 0 Å². The Balaban J connectivity index is 2.26. The van der Waals surface area contributed by atoms with E-state index in [1.165, 1.54) is 6.07 Å². The van der Waals surface area contributed by atoms with Crippen molar-refractivity contribution in [1.29, 1.82) is 0 Å². The number of anilines is 1. The number of epoxide rings is 1. The fourth-order valence-electron chi connectivity index (χ4n) is 1.81. The van der Waals surface area contributed by atoms with Crippen molar-refractivity contribution in [2.24, 2.45) is 5.73 Å². The Morgan fingerprint density at radius 2 is 2.20 bits per heavy atom. The van der Waals surface area contributed by atoms with Gasteiger partial charge in [-0.3, -0.25) is 14.1 Å². The lowest BCUT2D eigenvalue weighted by Gasteiger charge is -2.12. The summed E-state index contributed by atoms with van der Waals surface area (Å²) in [7, 11) is -4.38. The summed E-state index contributed by atoms with van der Waals surface area (Å²) in [6.45, 7) is 0.439. The van der Waals surface area contributed by atoms with Crippen LogP contribution in [-0.2, 0) is 26.3 Å². The molecule has 0 aliphatic carbocycles. The van der Waals surface area contributed by atoms with Gasteiger partial charge < -0.3 is 15.6 Å². The maximum atomic E-state index is 10.9. The van der Waals surface area contributed by atoms with Crippen LogP contribution in [0.2, 0.25) is 0 Å². The van der Waals surface area contributed by atoms with E-state index in [0.717, 1.165) is 0 Å². The van der Waals surface area contributed by atoms with Gasteiger partial charge in [0.15, 0.2) is 0 Å². The molecule has 5 N–H and O–H groups in total. The van der Waals surface area contributed by atoms with Gasteiger partial charge >= 0.3 is 16.3 Å². The van der Waals surface area contributed by atoms with E-state index in [0.29, 0.717) is 17.7 Å². The molecule has 1 aromatic carbocycles. The number of nitrogens with one attached hydrogen (secondary N) is 1. The highest BCUT2D eigenvalue weighted by molar-refractivity contribution is 7.87. The summed E-state index contributed by atoms with van der Waals surface area (Å²) in [5.74, 6) is -1.12. The summed E-state index contributed by atoms with van der Waals surface area (Å²) in [6.07, 6.45) is -0.151. The van der Waals surface area contributed by atoms with Crippen molar-refractivity contribution in [3.63, 3.8) is 0 Å². The van der Waals surface area contributed by atoms with Gasteiger partial charge in [-0.15, -0.1) is 0 Å². The van der Waals surface area contributed by atoms with Crippen LogP contribution < -0.4 is 10.5 Å².